The van der Waals surface area contributed by atoms with Crippen LogP contribution in [0.2, 0.25) is 0 Å². The summed E-state index contributed by atoms with van der Waals surface area (Å²) in [4.78, 5) is 1.42. The van der Waals surface area contributed by atoms with E-state index in [9.17, 15) is 8.78 Å². The summed E-state index contributed by atoms with van der Waals surface area (Å²) in [6.07, 6.45) is -1.49. The zero-order valence-corrected chi connectivity index (χ0v) is 9.94. The zero-order chi connectivity index (χ0) is 12.3. The van der Waals surface area contributed by atoms with Crippen LogP contribution in [0.1, 0.15) is 12.6 Å². The van der Waals surface area contributed by atoms with Crippen molar-refractivity contribution in [3.8, 4) is 0 Å². The summed E-state index contributed by atoms with van der Waals surface area (Å²) in [5.74, 6) is 0. The number of ether oxygens (including phenoxy) is 1. The van der Waals surface area contributed by atoms with Crippen molar-refractivity contribution in [3.05, 3.63) is 18.0 Å². The minimum absolute atomic E-state index is 0.188. The first-order valence-corrected chi connectivity index (χ1v) is 4.99. The molecule has 0 aliphatic rings. The normalized spacial score (nSPS) is 14.4. The molecule has 1 rings (SSSR count). The molecule has 0 aromatic carbocycles. The smallest absolute Gasteiger partial charge is 0.313 e. The highest BCUT2D eigenvalue weighted by atomic mass is 19.3. The largest absolute Gasteiger partial charge is 0.371 e. The molecule has 1 heterocycles. The minimum atomic E-state index is -3.18. The van der Waals surface area contributed by atoms with Gasteiger partial charge in [0.05, 0.1) is 18.3 Å². The summed E-state index contributed by atoms with van der Waals surface area (Å²) in [6, 6.07) is 0.673. The highest BCUT2D eigenvalue weighted by molar-refractivity contribution is 4.96. The predicted octanol–water partition coefficient (Wildman–Crippen LogP) is 1.48. The van der Waals surface area contributed by atoms with Crippen molar-refractivity contribution in [2.45, 2.75) is 25.7 Å². The predicted molar refractivity (Wildman–Crippen MR) is 56.1 cm³/mol. The molecule has 6 heteroatoms. The summed E-state index contributed by atoms with van der Waals surface area (Å²) in [5, 5.41) is 3.96. The molecule has 1 unspecified atom stereocenters. The van der Waals surface area contributed by atoms with Gasteiger partial charge in [-0.25, -0.2) is 0 Å². The van der Waals surface area contributed by atoms with Crippen LogP contribution < -0.4 is 0 Å². The Hall–Kier alpha value is -1.01. The molecule has 16 heavy (non-hydrogen) atoms. The van der Waals surface area contributed by atoms with Crippen molar-refractivity contribution in [3.63, 3.8) is 0 Å². The average molecular weight is 233 g/mol. The Kier molecular flexibility index (Phi) is 3.98. The molecule has 1 atom stereocenters. The number of aryl methyl sites for hydroxylation is 1. The van der Waals surface area contributed by atoms with Gasteiger partial charge in [-0.3, -0.25) is 9.58 Å². The Labute approximate surface area is 93.8 Å². The van der Waals surface area contributed by atoms with Gasteiger partial charge in [0.25, 0.3) is 0 Å². The lowest BCUT2D eigenvalue weighted by atomic mass is 10.3. The molecule has 0 aliphatic carbocycles. The Morgan fingerprint density at radius 2 is 2.19 bits per heavy atom. The maximum absolute atomic E-state index is 13.5. The van der Waals surface area contributed by atoms with Crippen molar-refractivity contribution in [2.24, 2.45) is 7.05 Å². The number of hydrogen-bond donors (Lipinski definition) is 0. The van der Waals surface area contributed by atoms with E-state index in [-0.39, 0.29) is 6.61 Å². The van der Waals surface area contributed by atoms with Gasteiger partial charge in [-0.2, -0.15) is 13.9 Å². The lowest BCUT2D eigenvalue weighted by Crippen LogP contribution is -2.43. The van der Waals surface area contributed by atoms with Crippen molar-refractivity contribution in [2.75, 3.05) is 14.1 Å². The number of aromatic nitrogens is 2. The van der Waals surface area contributed by atoms with Crippen LogP contribution in [0.15, 0.2) is 12.3 Å². The van der Waals surface area contributed by atoms with Crippen LogP contribution in [0.25, 0.3) is 0 Å². The first-order valence-electron chi connectivity index (χ1n) is 4.99. The Morgan fingerprint density at radius 3 is 2.62 bits per heavy atom. The van der Waals surface area contributed by atoms with E-state index in [0.29, 0.717) is 5.69 Å². The Balaban J connectivity index is 2.53. The molecule has 1 aromatic rings. The van der Waals surface area contributed by atoms with Gasteiger partial charge in [0, 0.05) is 13.2 Å². The van der Waals surface area contributed by atoms with Crippen LogP contribution in [0.3, 0.4) is 0 Å². The minimum Gasteiger partial charge on any atom is -0.313 e. The van der Waals surface area contributed by atoms with E-state index in [1.165, 1.54) is 11.8 Å². The monoisotopic (exact) mass is 233 g/mol. The molecular formula is C10H17F2N3O. The maximum Gasteiger partial charge on any atom is 0.371 e. The van der Waals surface area contributed by atoms with E-state index in [1.54, 1.807) is 38.1 Å². The van der Waals surface area contributed by atoms with Crippen molar-refractivity contribution in [1.82, 2.24) is 14.7 Å². The van der Waals surface area contributed by atoms with E-state index in [0.717, 1.165) is 0 Å². The van der Waals surface area contributed by atoms with Crippen LogP contribution in [-0.2, 0) is 18.4 Å². The second-order valence-corrected chi connectivity index (χ2v) is 3.97. The lowest BCUT2D eigenvalue weighted by Gasteiger charge is -2.28. The highest BCUT2D eigenvalue weighted by Crippen LogP contribution is 2.24. The number of nitrogens with zero attached hydrogens (tertiary/aromatic N) is 3. The van der Waals surface area contributed by atoms with Crippen LogP contribution in [-0.4, -0.2) is 40.9 Å². The van der Waals surface area contributed by atoms with Gasteiger partial charge in [-0.05, 0) is 27.1 Å². The number of likely N-dealkylation sites (N-methyl/N-ethyl adjacent to an activating group) is 1. The van der Waals surface area contributed by atoms with E-state index in [4.69, 9.17) is 0 Å². The number of halogens is 2. The van der Waals surface area contributed by atoms with Crippen LogP contribution in [0.4, 0.5) is 8.78 Å². The van der Waals surface area contributed by atoms with Crippen molar-refractivity contribution >= 4 is 0 Å². The zero-order valence-electron chi connectivity index (χ0n) is 9.94. The molecule has 0 N–H and O–H groups in total. The third kappa shape index (κ3) is 3.24. The summed E-state index contributed by atoms with van der Waals surface area (Å²) in [5.41, 5.74) is 0.494. The molecule has 0 radical (unpaired) electrons. The highest BCUT2D eigenvalue weighted by Gasteiger charge is 2.39. The lowest BCUT2D eigenvalue weighted by molar-refractivity contribution is -0.273. The fraction of sp³-hybridized carbons (Fsp3) is 0.700. The molecule has 0 spiro atoms. The first kappa shape index (κ1) is 13.1. The average Bonchev–Trinajstić information content (AvgIpc) is 2.60. The van der Waals surface area contributed by atoms with Crippen molar-refractivity contribution < 1.29 is 13.5 Å². The summed E-state index contributed by atoms with van der Waals surface area (Å²) in [7, 11) is 4.90. The van der Waals surface area contributed by atoms with E-state index in [2.05, 4.69) is 9.84 Å². The molecule has 0 bridgehead atoms. The molecule has 0 aliphatic heterocycles. The molecule has 0 fully saturated rings. The van der Waals surface area contributed by atoms with Crippen LogP contribution in [0, 0.1) is 0 Å². The van der Waals surface area contributed by atoms with Crippen LogP contribution >= 0.6 is 0 Å². The molecular weight excluding hydrogens is 216 g/mol. The molecule has 1 aromatic heterocycles. The second-order valence-electron chi connectivity index (χ2n) is 3.97. The van der Waals surface area contributed by atoms with Gasteiger partial charge in [0.15, 0.2) is 0 Å². The molecule has 4 nitrogen and oxygen atoms in total. The fourth-order valence-electron chi connectivity index (χ4n) is 1.13. The molecule has 92 valence electrons. The Bertz CT molecular complexity index is 339. The van der Waals surface area contributed by atoms with Gasteiger partial charge >= 0.3 is 6.11 Å². The van der Waals surface area contributed by atoms with E-state index >= 15 is 0 Å². The first-order chi connectivity index (χ1) is 7.33. The number of alkyl halides is 2. The number of hydrogen-bond acceptors (Lipinski definition) is 3. The summed E-state index contributed by atoms with van der Waals surface area (Å²) < 4.78 is 33.1. The van der Waals surface area contributed by atoms with Crippen LogP contribution in [0.5, 0.6) is 0 Å². The third-order valence-corrected chi connectivity index (χ3v) is 2.44. The van der Waals surface area contributed by atoms with E-state index < -0.39 is 12.2 Å². The molecule has 0 saturated heterocycles. The van der Waals surface area contributed by atoms with E-state index in [1.807, 2.05) is 0 Å². The van der Waals surface area contributed by atoms with Gasteiger partial charge in [0.2, 0.25) is 0 Å². The molecule has 0 saturated carbocycles. The van der Waals surface area contributed by atoms with Gasteiger partial charge in [-0.1, -0.05) is 0 Å². The SMILES string of the molecule is CC(N(C)C)C(F)(F)OCc1ccn(C)n1. The Morgan fingerprint density at radius 1 is 1.56 bits per heavy atom. The summed E-state index contributed by atoms with van der Waals surface area (Å²) in [6.45, 7) is 1.23. The van der Waals surface area contributed by atoms with Gasteiger partial charge in [0.1, 0.15) is 0 Å². The van der Waals surface area contributed by atoms with Gasteiger partial charge in [-0.15, -0.1) is 0 Å². The summed E-state index contributed by atoms with van der Waals surface area (Å²) >= 11 is 0. The van der Waals surface area contributed by atoms with Gasteiger partial charge < -0.3 is 4.74 Å². The quantitative estimate of drug-likeness (QED) is 0.771. The standard InChI is InChI=1S/C10H17F2N3O/c1-8(14(2)3)10(11,12)16-7-9-5-6-15(4)13-9/h5-6,8H,7H2,1-4H3. The topological polar surface area (TPSA) is 30.3 Å². The van der Waals surface area contributed by atoms with Crippen molar-refractivity contribution in [1.29, 1.82) is 0 Å². The second kappa shape index (κ2) is 4.88. The molecule has 0 amide bonds. The fourth-order valence-corrected chi connectivity index (χ4v) is 1.13. The third-order valence-electron chi connectivity index (χ3n) is 2.44. The number of rotatable bonds is 5. The maximum atomic E-state index is 13.5.